The van der Waals surface area contributed by atoms with Crippen molar-refractivity contribution in [1.29, 1.82) is 0 Å². The van der Waals surface area contributed by atoms with Crippen molar-refractivity contribution in [1.82, 2.24) is 4.90 Å². The number of nitrogens with zero attached hydrogens (tertiary/aromatic N) is 1. The van der Waals surface area contributed by atoms with Gasteiger partial charge in [0.25, 0.3) is 11.8 Å². The minimum absolute atomic E-state index is 0.0460. The Bertz CT molecular complexity index is 675. The predicted octanol–water partition coefficient (Wildman–Crippen LogP) is 4.76. The van der Waals surface area contributed by atoms with Crippen LogP contribution in [-0.2, 0) is 4.74 Å². The number of hydrogen-bond donors (Lipinski definition) is 1. The third-order valence-corrected chi connectivity index (χ3v) is 5.24. The van der Waals surface area contributed by atoms with Crippen LogP contribution < -0.4 is 0 Å². The van der Waals surface area contributed by atoms with E-state index in [1.807, 2.05) is 0 Å². The molecule has 130 valence electrons. The van der Waals surface area contributed by atoms with Crippen molar-refractivity contribution < 1.29 is 24.2 Å². The molecule has 1 aliphatic heterocycles. The van der Waals surface area contributed by atoms with Gasteiger partial charge < -0.3 is 9.84 Å². The average Bonchev–Trinajstić information content (AvgIpc) is 2.78. The highest BCUT2D eigenvalue weighted by Gasteiger charge is 2.41. The number of amides is 2. The van der Waals surface area contributed by atoms with E-state index in [9.17, 15) is 14.4 Å². The summed E-state index contributed by atoms with van der Waals surface area (Å²) in [6.45, 7) is 0.196. The van der Waals surface area contributed by atoms with Crippen molar-refractivity contribution >= 4 is 64.4 Å². The number of rotatable bonds is 6. The Kier molecular flexibility index (Phi) is 6.20. The summed E-state index contributed by atoms with van der Waals surface area (Å²) in [4.78, 5) is 36.0. The summed E-state index contributed by atoms with van der Waals surface area (Å²) in [7, 11) is 0. The second-order valence-electron chi connectivity index (χ2n) is 4.94. The van der Waals surface area contributed by atoms with E-state index in [-0.39, 0.29) is 44.4 Å². The van der Waals surface area contributed by atoms with Crippen LogP contribution in [0, 0.1) is 0 Å². The van der Waals surface area contributed by atoms with Crippen molar-refractivity contribution in [2.75, 3.05) is 13.2 Å². The molecule has 1 aromatic rings. The molecule has 1 heterocycles. The van der Waals surface area contributed by atoms with E-state index < -0.39 is 18.0 Å². The van der Waals surface area contributed by atoms with Crippen LogP contribution in [0.25, 0.3) is 0 Å². The summed E-state index contributed by atoms with van der Waals surface area (Å²) in [6, 6.07) is 0. The van der Waals surface area contributed by atoms with E-state index in [1.165, 1.54) is 0 Å². The van der Waals surface area contributed by atoms with Crippen LogP contribution in [0.15, 0.2) is 0 Å². The first-order chi connectivity index (χ1) is 11.3. The minimum atomic E-state index is -1.34. The van der Waals surface area contributed by atoms with Gasteiger partial charge in [-0.3, -0.25) is 14.5 Å². The van der Waals surface area contributed by atoms with E-state index in [2.05, 4.69) is 4.74 Å². The summed E-state index contributed by atoms with van der Waals surface area (Å²) in [5.41, 5.74) is -0.0921. The molecule has 0 fully saturated rings. The Hall–Kier alpha value is -1.21. The highest BCUT2D eigenvalue weighted by molar-refractivity contribution is 6.55. The second kappa shape index (κ2) is 7.78. The molecule has 0 unspecified atom stereocenters. The lowest BCUT2D eigenvalue weighted by atomic mass is 10.1. The monoisotopic (exact) mass is 413 g/mol. The summed E-state index contributed by atoms with van der Waals surface area (Å²) in [5.74, 6) is -1.16. The van der Waals surface area contributed by atoms with Crippen molar-refractivity contribution in [3.63, 3.8) is 0 Å². The SMILES string of the molecule is O=C(O)OCCCCCN1C(=O)c2c(Cl)c(Cl)c(Cl)c(Cl)c2C1=O. The van der Waals surface area contributed by atoms with Gasteiger partial charge in [0, 0.05) is 6.54 Å². The van der Waals surface area contributed by atoms with Crippen molar-refractivity contribution in [2.45, 2.75) is 19.3 Å². The Morgan fingerprint density at radius 3 is 1.83 bits per heavy atom. The number of hydrogen-bond acceptors (Lipinski definition) is 4. The van der Waals surface area contributed by atoms with E-state index >= 15 is 0 Å². The first-order valence-electron chi connectivity index (χ1n) is 6.85. The minimum Gasteiger partial charge on any atom is -0.450 e. The fraction of sp³-hybridized carbons (Fsp3) is 0.357. The van der Waals surface area contributed by atoms with Crippen LogP contribution in [0.2, 0.25) is 20.1 Å². The summed E-state index contributed by atoms with van der Waals surface area (Å²) in [5, 5.41) is 8.00. The van der Waals surface area contributed by atoms with Crippen LogP contribution in [0.4, 0.5) is 4.79 Å². The number of benzene rings is 1. The zero-order valence-electron chi connectivity index (χ0n) is 12.1. The zero-order chi connectivity index (χ0) is 18.0. The van der Waals surface area contributed by atoms with Gasteiger partial charge in [-0.1, -0.05) is 46.4 Å². The molecular formula is C14H11Cl4NO5. The highest BCUT2D eigenvalue weighted by atomic mass is 35.5. The number of ether oxygens (including phenoxy) is 1. The van der Waals surface area contributed by atoms with Crippen LogP contribution in [0.5, 0.6) is 0 Å². The van der Waals surface area contributed by atoms with E-state index in [1.54, 1.807) is 0 Å². The van der Waals surface area contributed by atoms with Crippen LogP contribution in [-0.4, -0.2) is 41.1 Å². The first-order valence-corrected chi connectivity index (χ1v) is 8.36. The fourth-order valence-corrected chi connectivity index (χ4v) is 3.32. The van der Waals surface area contributed by atoms with Gasteiger partial charge in [0.2, 0.25) is 0 Å². The van der Waals surface area contributed by atoms with Crippen LogP contribution in [0.1, 0.15) is 40.0 Å². The van der Waals surface area contributed by atoms with Crippen molar-refractivity contribution in [3.8, 4) is 0 Å². The molecule has 1 N–H and O–H groups in total. The number of carbonyl (C=O) groups excluding carboxylic acids is 2. The molecule has 0 atom stereocenters. The summed E-state index contributed by atoms with van der Waals surface area (Å²) in [6.07, 6.45) is 0.192. The van der Waals surface area contributed by atoms with Gasteiger partial charge >= 0.3 is 6.16 Å². The first kappa shape index (κ1) is 19.1. The largest absolute Gasteiger partial charge is 0.505 e. The zero-order valence-corrected chi connectivity index (χ0v) is 15.1. The molecule has 1 aliphatic rings. The Morgan fingerprint density at radius 1 is 0.875 bits per heavy atom. The number of unbranched alkanes of at least 4 members (excludes halogenated alkanes) is 2. The van der Waals surface area contributed by atoms with Crippen molar-refractivity contribution in [2.24, 2.45) is 0 Å². The number of carboxylic acid groups (broad SMARTS) is 1. The summed E-state index contributed by atoms with van der Waals surface area (Å²) < 4.78 is 4.37. The number of halogens is 4. The molecule has 0 spiro atoms. The number of imide groups is 1. The molecule has 0 radical (unpaired) electrons. The highest BCUT2D eigenvalue weighted by Crippen LogP contribution is 2.44. The Labute approximate surface area is 157 Å². The molecule has 0 saturated heterocycles. The quantitative estimate of drug-likeness (QED) is 0.238. The topological polar surface area (TPSA) is 83.9 Å². The molecule has 0 bridgehead atoms. The van der Waals surface area contributed by atoms with Gasteiger partial charge in [-0.05, 0) is 19.3 Å². The van der Waals surface area contributed by atoms with E-state index in [4.69, 9.17) is 51.5 Å². The molecule has 0 saturated carbocycles. The fourth-order valence-electron chi connectivity index (χ4n) is 2.31. The van der Waals surface area contributed by atoms with Gasteiger partial charge in [-0.25, -0.2) is 4.79 Å². The third kappa shape index (κ3) is 3.57. The van der Waals surface area contributed by atoms with Gasteiger partial charge in [-0.15, -0.1) is 0 Å². The number of fused-ring (bicyclic) bond motifs is 1. The molecule has 0 aromatic heterocycles. The molecule has 24 heavy (non-hydrogen) atoms. The Morgan fingerprint density at radius 2 is 1.38 bits per heavy atom. The molecule has 0 aliphatic carbocycles. The van der Waals surface area contributed by atoms with Crippen LogP contribution >= 0.6 is 46.4 Å². The van der Waals surface area contributed by atoms with E-state index in [0.29, 0.717) is 19.3 Å². The predicted molar refractivity (Wildman–Crippen MR) is 89.7 cm³/mol. The maximum Gasteiger partial charge on any atom is 0.505 e. The number of carbonyl (C=O) groups is 3. The third-order valence-electron chi connectivity index (χ3n) is 3.44. The smallest absolute Gasteiger partial charge is 0.450 e. The molecular weight excluding hydrogens is 404 g/mol. The van der Waals surface area contributed by atoms with Gasteiger partial charge in [0.15, 0.2) is 0 Å². The van der Waals surface area contributed by atoms with Crippen LogP contribution in [0.3, 0.4) is 0 Å². The van der Waals surface area contributed by atoms with Gasteiger partial charge in [0.1, 0.15) is 0 Å². The maximum absolute atomic E-state index is 12.4. The standard InChI is InChI=1S/C14H11Cl4NO5/c15-8-6-7(9(16)11(18)10(8)17)13(21)19(12(6)20)4-2-1-3-5-24-14(22)23/h1-5H2,(H,22,23). The second-order valence-corrected chi connectivity index (χ2v) is 6.45. The van der Waals surface area contributed by atoms with E-state index in [0.717, 1.165) is 4.90 Å². The molecule has 10 heteroatoms. The van der Waals surface area contributed by atoms with Crippen molar-refractivity contribution in [3.05, 3.63) is 31.2 Å². The molecule has 1 aromatic carbocycles. The average molecular weight is 415 g/mol. The normalized spacial score (nSPS) is 13.4. The molecule has 2 amide bonds. The summed E-state index contributed by atoms with van der Waals surface area (Å²) >= 11 is 23.9. The molecule has 6 nitrogen and oxygen atoms in total. The van der Waals surface area contributed by atoms with Gasteiger partial charge in [0.05, 0.1) is 37.8 Å². The lowest BCUT2D eigenvalue weighted by molar-refractivity contribution is 0.0651. The molecule has 2 rings (SSSR count). The maximum atomic E-state index is 12.4. The lowest BCUT2D eigenvalue weighted by Gasteiger charge is -2.13. The Balaban J connectivity index is 2.07. The lowest BCUT2D eigenvalue weighted by Crippen LogP contribution is -2.30. The van der Waals surface area contributed by atoms with Gasteiger partial charge in [-0.2, -0.15) is 0 Å².